The average Bonchev–Trinajstić information content (AvgIpc) is 2.90. The molecule has 206 valence electrons. The number of likely N-dealkylation sites (N-methyl/N-ethyl adjacent to an activating group) is 1. The number of ether oxygens (including phenoxy) is 1. The van der Waals surface area contributed by atoms with Crippen molar-refractivity contribution < 1.29 is 14.3 Å². The quantitative estimate of drug-likeness (QED) is 0.250. The number of nitrogens with one attached hydrogen (secondary N) is 2. The molecule has 0 fully saturated rings. The van der Waals surface area contributed by atoms with Crippen LogP contribution in [-0.2, 0) is 17.9 Å². The molecule has 0 bridgehead atoms. The molecule has 0 aliphatic heterocycles. The van der Waals surface area contributed by atoms with E-state index >= 15 is 0 Å². The van der Waals surface area contributed by atoms with Crippen LogP contribution >= 0.6 is 48.0 Å². The van der Waals surface area contributed by atoms with E-state index in [-0.39, 0.29) is 48.9 Å². The first kappa shape index (κ1) is 31.9. The van der Waals surface area contributed by atoms with Crippen LogP contribution in [0.15, 0.2) is 67.0 Å². The maximum absolute atomic E-state index is 12.8. The minimum Gasteiger partial charge on any atom is -0.487 e. The van der Waals surface area contributed by atoms with Gasteiger partial charge >= 0.3 is 6.03 Å². The molecule has 4 aromatic rings. The summed E-state index contributed by atoms with van der Waals surface area (Å²) in [7, 11) is 1.58. The Morgan fingerprint density at radius 2 is 1.72 bits per heavy atom. The van der Waals surface area contributed by atoms with Crippen molar-refractivity contribution in [2.45, 2.75) is 20.1 Å². The number of aromatic nitrogens is 2. The number of anilines is 1. The van der Waals surface area contributed by atoms with Crippen molar-refractivity contribution in [3.63, 3.8) is 0 Å². The Balaban J connectivity index is 0.00000267. The number of amides is 3. The number of pyridine rings is 2. The number of hydrogen-bond acceptors (Lipinski definition) is 5. The highest BCUT2D eigenvalue weighted by atomic mass is 35.5. The van der Waals surface area contributed by atoms with Gasteiger partial charge in [0.2, 0.25) is 5.91 Å². The second kappa shape index (κ2) is 14.7. The number of aryl methyl sites for hydroxylation is 1. The van der Waals surface area contributed by atoms with Crippen molar-refractivity contribution in [2.75, 3.05) is 18.5 Å². The Morgan fingerprint density at radius 1 is 1.00 bits per heavy atom. The van der Waals surface area contributed by atoms with Crippen molar-refractivity contribution in [1.29, 1.82) is 0 Å². The molecule has 0 atom stereocenters. The molecule has 0 saturated heterocycles. The molecule has 0 aliphatic carbocycles. The number of carbonyl (C=O) groups excluding carboxylic acids is 2. The van der Waals surface area contributed by atoms with E-state index in [9.17, 15) is 9.59 Å². The number of para-hydroxylation sites is 1. The molecule has 2 N–H and O–H groups in total. The van der Waals surface area contributed by atoms with Gasteiger partial charge in [0.1, 0.15) is 12.4 Å². The molecular weight excluding hydrogens is 584 g/mol. The molecule has 2 aromatic heterocycles. The van der Waals surface area contributed by atoms with Crippen LogP contribution < -0.4 is 20.3 Å². The SMILES string of the molecule is Cc1nc2ccccc2cc1OCc1c(Cl)ccc(N(C)C(=O)CNC(=O)NCc2ccncc2)c1Cl.Cl.Cl. The van der Waals surface area contributed by atoms with Crippen LogP contribution in [0, 0.1) is 6.92 Å². The summed E-state index contributed by atoms with van der Waals surface area (Å²) in [6.07, 6.45) is 3.28. The standard InChI is InChI=1S/C27H25Cl2N5O3.2ClH/c1-17-24(13-19-5-3-4-6-22(19)33-17)37-16-20-21(28)7-8-23(26(20)29)34(2)25(35)15-32-27(36)31-14-18-9-11-30-12-10-18;;/h3-13H,14-16H2,1-2H3,(H2,31,32,36);2*1H. The normalized spacial score (nSPS) is 10.2. The highest BCUT2D eigenvalue weighted by Crippen LogP contribution is 2.35. The van der Waals surface area contributed by atoms with Crippen LogP contribution in [0.2, 0.25) is 10.0 Å². The van der Waals surface area contributed by atoms with Crippen LogP contribution in [0.4, 0.5) is 10.5 Å². The minimum atomic E-state index is -0.464. The Bertz CT molecular complexity index is 1440. The maximum atomic E-state index is 12.8. The maximum Gasteiger partial charge on any atom is 0.315 e. The van der Waals surface area contributed by atoms with Crippen molar-refractivity contribution in [1.82, 2.24) is 20.6 Å². The molecule has 2 heterocycles. The lowest BCUT2D eigenvalue weighted by atomic mass is 10.1. The van der Waals surface area contributed by atoms with Gasteiger partial charge < -0.3 is 20.3 Å². The highest BCUT2D eigenvalue weighted by Gasteiger charge is 2.19. The fraction of sp³-hybridized carbons (Fsp3) is 0.185. The third-order valence-corrected chi connectivity index (χ3v) is 6.52. The van der Waals surface area contributed by atoms with E-state index in [2.05, 4.69) is 20.6 Å². The summed E-state index contributed by atoms with van der Waals surface area (Å²) < 4.78 is 6.03. The van der Waals surface area contributed by atoms with E-state index in [1.807, 2.05) is 37.3 Å². The van der Waals surface area contributed by atoms with Crippen molar-refractivity contribution in [3.8, 4) is 5.75 Å². The van der Waals surface area contributed by atoms with Crippen LogP contribution in [0.1, 0.15) is 16.8 Å². The number of benzene rings is 2. The van der Waals surface area contributed by atoms with Gasteiger partial charge in [0.25, 0.3) is 0 Å². The van der Waals surface area contributed by atoms with Gasteiger partial charge in [0, 0.05) is 42.0 Å². The predicted octanol–water partition coefficient (Wildman–Crippen LogP) is 6.13. The summed E-state index contributed by atoms with van der Waals surface area (Å²) >= 11 is 13.1. The highest BCUT2D eigenvalue weighted by molar-refractivity contribution is 6.38. The number of fused-ring (bicyclic) bond motifs is 1. The van der Waals surface area contributed by atoms with Crippen LogP contribution in [0.3, 0.4) is 0 Å². The molecule has 8 nitrogen and oxygen atoms in total. The first-order valence-corrected chi connectivity index (χ1v) is 12.2. The zero-order valence-corrected chi connectivity index (χ0v) is 24.3. The second-order valence-corrected chi connectivity index (χ2v) is 9.04. The molecule has 3 amide bonds. The van der Waals surface area contributed by atoms with Gasteiger partial charge in [0.05, 0.1) is 28.5 Å². The predicted molar refractivity (Wildman–Crippen MR) is 160 cm³/mol. The third-order valence-electron chi connectivity index (χ3n) is 5.74. The fourth-order valence-electron chi connectivity index (χ4n) is 3.62. The van der Waals surface area contributed by atoms with Crippen LogP contribution in [-0.4, -0.2) is 35.5 Å². The zero-order chi connectivity index (χ0) is 26.4. The van der Waals surface area contributed by atoms with E-state index in [1.54, 1.807) is 43.7 Å². The molecule has 0 spiro atoms. The number of halogens is 4. The van der Waals surface area contributed by atoms with E-state index in [4.69, 9.17) is 27.9 Å². The van der Waals surface area contributed by atoms with Crippen LogP contribution in [0.5, 0.6) is 5.75 Å². The number of carbonyl (C=O) groups is 2. The van der Waals surface area contributed by atoms with Crippen molar-refractivity contribution in [3.05, 3.63) is 93.9 Å². The Kier molecular flexibility index (Phi) is 12.1. The van der Waals surface area contributed by atoms with Gasteiger partial charge in [-0.3, -0.25) is 9.78 Å². The summed E-state index contributed by atoms with van der Waals surface area (Å²) in [4.78, 5) is 34.7. The largest absolute Gasteiger partial charge is 0.487 e. The number of urea groups is 1. The number of rotatable bonds is 8. The summed E-state index contributed by atoms with van der Waals surface area (Å²) in [5, 5.41) is 6.91. The average molecular weight is 611 g/mol. The van der Waals surface area contributed by atoms with Gasteiger partial charge in [-0.25, -0.2) is 9.78 Å². The molecule has 4 rings (SSSR count). The molecule has 0 radical (unpaired) electrons. The topological polar surface area (TPSA) is 96.5 Å². The molecular formula is C27H27Cl4N5O3. The van der Waals surface area contributed by atoms with Crippen molar-refractivity contribution in [2.24, 2.45) is 0 Å². The lowest BCUT2D eigenvalue weighted by Gasteiger charge is -2.21. The summed E-state index contributed by atoms with van der Waals surface area (Å²) in [5.74, 6) is 0.257. The van der Waals surface area contributed by atoms with E-state index in [0.29, 0.717) is 28.6 Å². The monoisotopic (exact) mass is 609 g/mol. The number of nitrogens with zero attached hydrogens (tertiary/aromatic N) is 3. The van der Waals surface area contributed by atoms with E-state index < -0.39 is 6.03 Å². The smallest absolute Gasteiger partial charge is 0.315 e. The summed E-state index contributed by atoms with van der Waals surface area (Å²) in [6.45, 7) is 2.06. The Morgan fingerprint density at radius 3 is 2.46 bits per heavy atom. The Labute approximate surface area is 248 Å². The molecule has 2 aromatic carbocycles. The third kappa shape index (κ3) is 8.10. The van der Waals surface area contributed by atoms with Gasteiger partial charge in [-0.1, -0.05) is 41.4 Å². The van der Waals surface area contributed by atoms with Crippen LogP contribution in [0.25, 0.3) is 10.9 Å². The summed E-state index contributed by atoms with van der Waals surface area (Å²) in [5.41, 5.74) is 3.50. The van der Waals surface area contributed by atoms with Gasteiger partial charge in [-0.2, -0.15) is 0 Å². The lowest BCUT2D eigenvalue weighted by Crippen LogP contribution is -2.42. The fourth-order valence-corrected chi connectivity index (χ4v) is 4.23. The van der Waals surface area contributed by atoms with E-state index in [1.165, 1.54) is 4.90 Å². The lowest BCUT2D eigenvalue weighted by molar-refractivity contribution is -0.117. The molecule has 12 heteroatoms. The molecule has 0 saturated carbocycles. The molecule has 0 unspecified atom stereocenters. The zero-order valence-electron chi connectivity index (χ0n) is 21.1. The van der Waals surface area contributed by atoms with Gasteiger partial charge in [0.15, 0.2) is 0 Å². The van der Waals surface area contributed by atoms with Gasteiger partial charge in [-0.05, 0) is 48.9 Å². The Hall–Kier alpha value is -3.30. The van der Waals surface area contributed by atoms with Gasteiger partial charge in [-0.15, -0.1) is 24.8 Å². The first-order chi connectivity index (χ1) is 17.8. The van der Waals surface area contributed by atoms with Crippen molar-refractivity contribution >= 4 is 76.5 Å². The molecule has 0 aliphatic rings. The second-order valence-electron chi connectivity index (χ2n) is 8.26. The summed E-state index contributed by atoms with van der Waals surface area (Å²) in [6, 6.07) is 16.1. The minimum absolute atomic E-state index is 0. The number of hydrogen-bond donors (Lipinski definition) is 2. The molecule has 39 heavy (non-hydrogen) atoms. The van der Waals surface area contributed by atoms with E-state index in [0.717, 1.165) is 22.2 Å². The first-order valence-electron chi connectivity index (χ1n) is 11.5.